The minimum atomic E-state index is -0.634. The van der Waals surface area contributed by atoms with Gasteiger partial charge in [-0.2, -0.15) is 0 Å². The molecule has 0 radical (unpaired) electrons. The van der Waals surface area contributed by atoms with Crippen LogP contribution in [0.3, 0.4) is 0 Å². The second kappa shape index (κ2) is 7.12. The molecule has 0 atom stereocenters. The fourth-order valence-corrected chi connectivity index (χ4v) is 2.33. The second-order valence-electron chi connectivity index (χ2n) is 5.22. The molecule has 0 amide bonds. The maximum atomic E-state index is 13.5. The molecule has 0 aromatic heterocycles. The number of halogens is 1. The monoisotopic (exact) mass is 330 g/mol. The maximum Gasteiger partial charge on any atom is 0.310 e. The third-order valence-electron chi connectivity index (χ3n) is 3.49. The smallest absolute Gasteiger partial charge is 0.310 e. The molecule has 1 heterocycles. The molecule has 124 valence electrons. The van der Waals surface area contributed by atoms with Crippen molar-refractivity contribution in [3.05, 3.63) is 59.4 Å². The van der Waals surface area contributed by atoms with Crippen LogP contribution in [0.2, 0.25) is 0 Å². The molecule has 5 nitrogen and oxygen atoms in total. The first kappa shape index (κ1) is 16.0. The summed E-state index contributed by atoms with van der Waals surface area (Å²) < 4.78 is 29.3. The number of ketones is 1. The van der Waals surface area contributed by atoms with Crippen LogP contribution < -0.4 is 9.47 Å². The van der Waals surface area contributed by atoms with Crippen LogP contribution in [0.25, 0.3) is 0 Å². The maximum absolute atomic E-state index is 13.5. The molecule has 6 heteroatoms. The summed E-state index contributed by atoms with van der Waals surface area (Å²) in [6.07, 6.45) is -0.0127. The molecule has 1 aliphatic heterocycles. The van der Waals surface area contributed by atoms with Crippen LogP contribution >= 0.6 is 0 Å². The molecule has 0 unspecified atom stereocenters. The lowest BCUT2D eigenvalue weighted by Crippen LogP contribution is -2.17. The first-order valence-electron chi connectivity index (χ1n) is 7.45. The number of hydrogen-bond acceptors (Lipinski definition) is 5. The molecule has 0 N–H and O–H groups in total. The SMILES string of the molecule is O=C(Cc1ccc2c(c1)OCCO2)OCC(=O)c1ccccc1F. The lowest BCUT2D eigenvalue weighted by Gasteiger charge is -2.18. The van der Waals surface area contributed by atoms with Gasteiger partial charge in [0.05, 0.1) is 12.0 Å². The minimum Gasteiger partial charge on any atom is -0.486 e. The van der Waals surface area contributed by atoms with Crippen LogP contribution in [-0.4, -0.2) is 31.6 Å². The number of benzene rings is 2. The van der Waals surface area contributed by atoms with Gasteiger partial charge in [-0.3, -0.25) is 9.59 Å². The Kier molecular flexibility index (Phi) is 4.74. The summed E-state index contributed by atoms with van der Waals surface area (Å²) in [4.78, 5) is 23.7. The molecule has 2 aromatic carbocycles. The highest BCUT2D eigenvalue weighted by Gasteiger charge is 2.16. The zero-order chi connectivity index (χ0) is 16.9. The van der Waals surface area contributed by atoms with E-state index in [9.17, 15) is 14.0 Å². The Balaban J connectivity index is 1.56. The van der Waals surface area contributed by atoms with Crippen molar-refractivity contribution in [1.29, 1.82) is 0 Å². The number of rotatable bonds is 5. The number of ether oxygens (including phenoxy) is 3. The van der Waals surface area contributed by atoms with Gasteiger partial charge in [0.2, 0.25) is 5.78 Å². The van der Waals surface area contributed by atoms with Crippen molar-refractivity contribution in [3.8, 4) is 11.5 Å². The summed E-state index contributed by atoms with van der Waals surface area (Å²) in [5.74, 6) is -0.576. The molecule has 0 aliphatic carbocycles. The molecular weight excluding hydrogens is 315 g/mol. The zero-order valence-electron chi connectivity index (χ0n) is 12.8. The summed E-state index contributed by atoms with van der Waals surface area (Å²) in [6.45, 7) is 0.453. The van der Waals surface area contributed by atoms with E-state index in [1.165, 1.54) is 18.2 Å². The standard InChI is InChI=1S/C18H15FO5/c19-14-4-2-1-3-13(14)15(20)11-24-18(21)10-12-5-6-16-17(9-12)23-8-7-22-16/h1-6,9H,7-8,10-11H2. The van der Waals surface area contributed by atoms with Gasteiger partial charge < -0.3 is 14.2 Å². The average molecular weight is 330 g/mol. The number of carbonyl (C=O) groups is 2. The predicted octanol–water partition coefficient (Wildman–Crippen LogP) is 2.57. The normalized spacial score (nSPS) is 12.5. The zero-order valence-corrected chi connectivity index (χ0v) is 12.8. The summed E-state index contributed by atoms with van der Waals surface area (Å²) in [5.41, 5.74) is 0.590. The van der Waals surface area contributed by atoms with Gasteiger partial charge >= 0.3 is 5.97 Å². The van der Waals surface area contributed by atoms with Gasteiger partial charge in [0.1, 0.15) is 19.0 Å². The third kappa shape index (κ3) is 3.71. The van der Waals surface area contributed by atoms with Gasteiger partial charge in [-0.05, 0) is 29.8 Å². The Hall–Kier alpha value is -2.89. The summed E-state index contributed by atoms with van der Waals surface area (Å²) in [6, 6.07) is 10.7. The Bertz CT molecular complexity index is 772. The molecular formula is C18H15FO5. The first-order chi connectivity index (χ1) is 11.6. The second-order valence-corrected chi connectivity index (χ2v) is 5.22. The van der Waals surface area contributed by atoms with E-state index >= 15 is 0 Å². The molecule has 2 aromatic rings. The molecule has 3 rings (SSSR count). The molecule has 24 heavy (non-hydrogen) atoms. The summed E-state index contributed by atoms with van der Waals surface area (Å²) in [7, 11) is 0. The molecule has 1 aliphatic rings. The van der Waals surface area contributed by atoms with E-state index in [-0.39, 0.29) is 12.0 Å². The number of Topliss-reactive ketones (excluding diaryl/α,β-unsaturated/α-hetero) is 1. The van der Waals surface area contributed by atoms with E-state index < -0.39 is 24.2 Å². The molecule has 0 saturated heterocycles. The van der Waals surface area contributed by atoms with Crippen molar-refractivity contribution in [1.82, 2.24) is 0 Å². The van der Waals surface area contributed by atoms with Crippen molar-refractivity contribution in [2.75, 3.05) is 19.8 Å². The van der Waals surface area contributed by atoms with Crippen LogP contribution in [0.4, 0.5) is 4.39 Å². The van der Waals surface area contributed by atoms with Crippen LogP contribution in [0.5, 0.6) is 11.5 Å². The Morgan fingerprint density at radius 1 is 1.04 bits per heavy atom. The van der Waals surface area contributed by atoms with Gasteiger partial charge in [0, 0.05) is 0 Å². The Labute approximate surface area is 138 Å². The van der Waals surface area contributed by atoms with Crippen LogP contribution in [0.15, 0.2) is 42.5 Å². The lowest BCUT2D eigenvalue weighted by atomic mass is 10.1. The first-order valence-corrected chi connectivity index (χ1v) is 7.45. The van der Waals surface area contributed by atoms with Crippen LogP contribution in [-0.2, 0) is 16.0 Å². The fraction of sp³-hybridized carbons (Fsp3) is 0.222. The van der Waals surface area contributed by atoms with Crippen molar-refractivity contribution >= 4 is 11.8 Å². The molecule has 0 spiro atoms. The van der Waals surface area contributed by atoms with Crippen LogP contribution in [0, 0.1) is 5.82 Å². The Morgan fingerprint density at radius 3 is 2.58 bits per heavy atom. The topological polar surface area (TPSA) is 61.8 Å². The number of esters is 1. The summed E-state index contributed by atoms with van der Waals surface area (Å²) in [5, 5.41) is 0. The average Bonchev–Trinajstić information content (AvgIpc) is 2.60. The predicted molar refractivity (Wildman–Crippen MR) is 82.8 cm³/mol. The van der Waals surface area contributed by atoms with E-state index in [0.29, 0.717) is 30.3 Å². The van der Waals surface area contributed by atoms with Gasteiger partial charge in [-0.25, -0.2) is 4.39 Å². The minimum absolute atomic E-state index is 0.0127. The molecule has 0 fully saturated rings. The molecule has 0 saturated carbocycles. The Morgan fingerprint density at radius 2 is 1.79 bits per heavy atom. The highest BCUT2D eigenvalue weighted by atomic mass is 19.1. The van der Waals surface area contributed by atoms with Gasteiger partial charge in [0.25, 0.3) is 0 Å². The molecule has 0 bridgehead atoms. The third-order valence-corrected chi connectivity index (χ3v) is 3.49. The van der Waals surface area contributed by atoms with Crippen LogP contribution in [0.1, 0.15) is 15.9 Å². The largest absolute Gasteiger partial charge is 0.486 e. The van der Waals surface area contributed by atoms with Gasteiger partial charge in [0.15, 0.2) is 18.1 Å². The van der Waals surface area contributed by atoms with Crippen molar-refractivity contribution < 1.29 is 28.2 Å². The van der Waals surface area contributed by atoms with E-state index in [1.807, 2.05) is 0 Å². The number of fused-ring (bicyclic) bond motifs is 1. The summed E-state index contributed by atoms with van der Waals surface area (Å²) >= 11 is 0. The number of hydrogen-bond donors (Lipinski definition) is 0. The van der Waals surface area contributed by atoms with E-state index in [2.05, 4.69) is 0 Å². The number of carbonyl (C=O) groups excluding carboxylic acids is 2. The quantitative estimate of drug-likeness (QED) is 0.623. The van der Waals surface area contributed by atoms with E-state index in [0.717, 1.165) is 0 Å². The van der Waals surface area contributed by atoms with Crippen molar-refractivity contribution in [2.24, 2.45) is 0 Å². The fourth-order valence-electron chi connectivity index (χ4n) is 2.33. The lowest BCUT2D eigenvalue weighted by molar-refractivity contribution is -0.141. The van der Waals surface area contributed by atoms with Gasteiger partial charge in [-0.1, -0.05) is 18.2 Å². The highest BCUT2D eigenvalue weighted by Crippen LogP contribution is 2.30. The van der Waals surface area contributed by atoms with Crippen molar-refractivity contribution in [3.63, 3.8) is 0 Å². The van der Waals surface area contributed by atoms with Gasteiger partial charge in [-0.15, -0.1) is 0 Å². The van der Waals surface area contributed by atoms with E-state index in [4.69, 9.17) is 14.2 Å². The van der Waals surface area contributed by atoms with Crippen molar-refractivity contribution in [2.45, 2.75) is 6.42 Å². The highest BCUT2D eigenvalue weighted by molar-refractivity contribution is 5.98. The van der Waals surface area contributed by atoms with E-state index in [1.54, 1.807) is 24.3 Å².